The molecule has 0 fully saturated rings. The van der Waals surface area contributed by atoms with Gasteiger partial charge in [0, 0.05) is 12.8 Å². The van der Waals surface area contributed by atoms with Crippen molar-refractivity contribution in [3.63, 3.8) is 0 Å². The number of amides is 1. The first-order valence-corrected chi connectivity index (χ1v) is 6.86. The highest BCUT2D eigenvalue weighted by molar-refractivity contribution is 5.85. The van der Waals surface area contributed by atoms with E-state index < -0.39 is 12.0 Å². The summed E-state index contributed by atoms with van der Waals surface area (Å²) in [5.74, 6) is -0.866. The van der Waals surface area contributed by atoms with Crippen molar-refractivity contribution in [2.75, 3.05) is 7.11 Å². The Labute approximate surface area is 124 Å². The van der Waals surface area contributed by atoms with Crippen LogP contribution < -0.4 is 5.32 Å². The van der Waals surface area contributed by atoms with Gasteiger partial charge in [0.25, 0.3) is 0 Å². The zero-order valence-electron chi connectivity index (χ0n) is 12.4. The van der Waals surface area contributed by atoms with E-state index in [0.717, 1.165) is 16.3 Å². The fraction of sp³-hybridized carbons (Fsp3) is 0.294. The minimum atomic E-state index is -0.686. The third-order valence-electron chi connectivity index (χ3n) is 3.61. The molecule has 0 aromatic heterocycles. The second kappa shape index (κ2) is 6.39. The van der Waals surface area contributed by atoms with Crippen molar-refractivity contribution in [1.29, 1.82) is 0 Å². The zero-order valence-corrected chi connectivity index (χ0v) is 12.4. The Morgan fingerprint density at radius 3 is 2.38 bits per heavy atom. The number of esters is 1. The van der Waals surface area contributed by atoms with E-state index in [2.05, 4.69) is 5.32 Å². The minimum Gasteiger partial charge on any atom is -0.467 e. The van der Waals surface area contributed by atoms with Crippen LogP contribution in [0.1, 0.15) is 25.3 Å². The Bertz CT molecular complexity index is 666. The van der Waals surface area contributed by atoms with Crippen molar-refractivity contribution in [1.82, 2.24) is 5.32 Å². The predicted octanol–water partition coefficient (Wildman–Crippen LogP) is 2.62. The largest absolute Gasteiger partial charge is 0.467 e. The Morgan fingerprint density at radius 2 is 1.76 bits per heavy atom. The van der Waals surface area contributed by atoms with Gasteiger partial charge in [-0.1, -0.05) is 49.4 Å². The van der Waals surface area contributed by atoms with Crippen LogP contribution in [0.4, 0.5) is 0 Å². The average Bonchev–Trinajstić information content (AvgIpc) is 2.50. The third kappa shape index (κ3) is 3.40. The molecule has 1 N–H and O–H groups in total. The van der Waals surface area contributed by atoms with Crippen LogP contribution in [-0.2, 0) is 14.3 Å². The molecular formula is C17H19NO3. The van der Waals surface area contributed by atoms with E-state index >= 15 is 0 Å². The molecule has 0 aliphatic carbocycles. The Balaban J connectivity index is 2.35. The monoisotopic (exact) mass is 285 g/mol. The number of nitrogens with one attached hydrogen (secondary N) is 1. The number of benzene rings is 2. The lowest BCUT2D eigenvalue weighted by Gasteiger charge is -2.23. The van der Waals surface area contributed by atoms with Gasteiger partial charge < -0.3 is 10.1 Å². The number of carbonyl (C=O) groups is 2. The summed E-state index contributed by atoms with van der Waals surface area (Å²) in [6.07, 6.45) is 0. The van der Waals surface area contributed by atoms with Gasteiger partial charge >= 0.3 is 5.97 Å². The van der Waals surface area contributed by atoms with Crippen LogP contribution in [0.5, 0.6) is 0 Å². The molecule has 4 heteroatoms. The number of methoxy groups -OCH3 is 1. The summed E-state index contributed by atoms with van der Waals surface area (Å²) in [6, 6.07) is 13.4. The molecule has 0 saturated carbocycles. The van der Waals surface area contributed by atoms with E-state index in [-0.39, 0.29) is 11.8 Å². The van der Waals surface area contributed by atoms with E-state index in [9.17, 15) is 9.59 Å². The van der Waals surface area contributed by atoms with Gasteiger partial charge in [-0.3, -0.25) is 4.79 Å². The van der Waals surface area contributed by atoms with E-state index in [0.29, 0.717) is 0 Å². The van der Waals surface area contributed by atoms with E-state index in [1.54, 1.807) is 0 Å². The van der Waals surface area contributed by atoms with Crippen molar-refractivity contribution in [2.45, 2.75) is 25.8 Å². The Kier molecular flexibility index (Phi) is 4.58. The first-order valence-electron chi connectivity index (χ1n) is 6.86. The maximum atomic E-state index is 11.9. The van der Waals surface area contributed by atoms with Crippen LogP contribution in [0.2, 0.25) is 0 Å². The van der Waals surface area contributed by atoms with Gasteiger partial charge in [0.2, 0.25) is 5.91 Å². The van der Waals surface area contributed by atoms with Crippen molar-refractivity contribution in [3.05, 3.63) is 48.0 Å². The number of carbonyl (C=O) groups excluding carboxylic acids is 2. The van der Waals surface area contributed by atoms with Crippen molar-refractivity contribution in [3.8, 4) is 0 Å². The third-order valence-corrected chi connectivity index (χ3v) is 3.61. The highest BCUT2D eigenvalue weighted by atomic mass is 16.5. The summed E-state index contributed by atoms with van der Waals surface area (Å²) in [5, 5.41) is 4.91. The fourth-order valence-electron chi connectivity index (χ4n) is 2.42. The molecule has 0 heterocycles. The van der Waals surface area contributed by atoms with Gasteiger partial charge in [0.15, 0.2) is 0 Å². The molecule has 21 heavy (non-hydrogen) atoms. The summed E-state index contributed by atoms with van der Waals surface area (Å²) in [7, 11) is 1.32. The van der Waals surface area contributed by atoms with Crippen LogP contribution in [0.3, 0.4) is 0 Å². The lowest BCUT2D eigenvalue weighted by atomic mass is 9.91. The molecule has 0 spiro atoms. The molecule has 2 rings (SSSR count). The Morgan fingerprint density at radius 1 is 1.10 bits per heavy atom. The van der Waals surface area contributed by atoms with Gasteiger partial charge in [-0.05, 0) is 16.3 Å². The van der Waals surface area contributed by atoms with Crippen LogP contribution >= 0.6 is 0 Å². The zero-order chi connectivity index (χ0) is 15.4. The van der Waals surface area contributed by atoms with E-state index in [4.69, 9.17) is 4.74 Å². The van der Waals surface area contributed by atoms with Crippen LogP contribution in [0.25, 0.3) is 10.8 Å². The number of hydrogen-bond acceptors (Lipinski definition) is 3. The first-order chi connectivity index (χ1) is 10.0. The van der Waals surface area contributed by atoms with E-state index in [1.165, 1.54) is 14.0 Å². The predicted molar refractivity (Wildman–Crippen MR) is 82.0 cm³/mol. The van der Waals surface area contributed by atoms with Crippen molar-refractivity contribution >= 4 is 22.6 Å². The van der Waals surface area contributed by atoms with Crippen LogP contribution in [0, 0.1) is 0 Å². The molecule has 1 amide bonds. The van der Waals surface area contributed by atoms with Gasteiger partial charge in [0.05, 0.1) is 7.11 Å². The summed E-state index contributed by atoms with van der Waals surface area (Å²) < 4.78 is 4.79. The molecule has 2 aromatic rings. The first kappa shape index (κ1) is 15.0. The molecular weight excluding hydrogens is 266 g/mol. The molecule has 0 bridgehead atoms. The smallest absolute Gasteiger partial charge is 0.328 e. The van der Waals surface area contributed by atoms with Gasteiger partial charge in [-0.2, -0.15) is 0 Å². The quantitative estimate of drug-likeness (QED) is 0.879. The average molecular weight is 285 g/mol. The van der Waals surface area contributed by atoms with E-state index in [1.807, 2.05) is 49.4 Å². The maximum absolute atomic E-state index is 11.9. The van der Waals surface area contributed by atoms with Crippen molar-refractivity contribution in [2.24, 2.45) is 0 Å². The molecule has 4 nitrogen and oxygen atoms in total. The van der Waals surface area contributed by atoms with Crippen molar-refractivity contribution < 1.29 is 14.3 Å². The summed E-state index contributed by atoms with van der Waals surface area (Å²) in [5.41, 5.74) is 0.984. The fourth-order valence-corrected chi connectivity index (χ4v) is 2.42. The second-order valence-corrected chi connectivity index (χ2v) is 5.10. The summed E-state index contributed by atoms with van der Waals surface area (Å²) in [6.45, 7) is 3.30. The molecule has 0 unspecified atom stereocenters. The molecule has 0 saturated heterocycles. The molecule has 0 aliphatic heterocycles. The Hall–Kier alpha value is -2.36. The molecule has 0 aliphatic rings. The van der Waals surface area contributed by atoms with Gasteiger partial charge in [-0.25, -0.2) is 4.79 Å². The normalized spacial score (nSPS) is 13.5. The number of ether oxygens (including phenoxy) is 1. The lowest BCUT2D eigenvalue weighted by Crippen LogP contribution is -2.43. The summed E-state index contributed by atoms with van der Waals surface area (Å²) >= 11 is 0. The van der Waals surface area contributed by atoms with Crippen LogP contribution in [0.15, 0.2) is 42.5 Å². The summed E-state index contributed by atoms with van der Waals surface area (Å²) in [4.78, 5) is 23.2. The highest BCUT2D eigenvalue weighted by Gasteiger charge is 2.28. The maximum Gasteiger partial charge on any atom is 0.328 e. The standard InChI is InChI=1S/C17H19NO3/c1-11(16(17(20)21-3)18-12(2)19)14-9-8-13-6-4-5-7-15(13)10-14/h4-11,16H,1-3H3,(H,18,19)/t11-,16+/m0/s1. The van der Waals surface area contributed by atoms with Crippen LogP contribution in [-0.4, -0.2) is 25.0 Å². The number of hydrogen-bond donors (Lipinski definition) is 1. The highest BCUT2D eigenvalue weighted by Crippen LogP contribution is 2.24. The van der Waals surface area contributed by atoms with Gasteiger partial charge in [-0.15, -0.1) is 0 Å². The molecule has 0 radical (unpaired) electrons. The minimum absolute atomic E-state index is 0.175. The van der Waals surface area contributed by atoms with Gasteiger partial charge in [0.1, 0.15) is 6.04 Å². The molecule has 2 aromatic carbocycles. The number of rotatable bonds is 4. The molecule has 2 atom stereocenters. The molecule has 110 valence electrons. The topological polar surface area (TPSA) is 55.4 Å². The SMILES string of the molecule is COC(=O)[C@H](NC(C)=O)[C@@H](C)c1ccc2ccccc2c1. The second-order valence-electron chi connectivity index (χ2n) is 5.10. The number of fused-ring (bicyclic) bond motifs is 1. The lowest BCUT2D eigenvalue weighted by molar-refractivity contribution is -0.145.